The molecule has 0 unspecified atom stereocenters. The third-order valence-corrected chi connectivity index (χ3v) is 4.05. The summed E-state index contributed by atoms with van der Waals surface area (Å²) >= 11 is 0. The monoisotopic (exact) mass is 297 g/mol. The fraction of sp³-hybridized carbons (Fsp3) is 0.278. The van der Waals surface area contributed by atoms with Crippen LogP contribution in [0.4, 0.5) is 0 Å². The minimum atomic E-state index is -0.593. The Labute approximate surface area is 129 Å². The molecule has 0 atom stereocenters. The van der Waals surface area contributed by atoms with Crippen LogP contribution >= 0.6 is 0 Å². The van der Waals surface area contributed by atoms with Crippen LogP contribution in [0.3, 0.4) is 0 Å². The van der Waals surface area contributed by atoms with Crippen molar-refractivity contribution in [1.82, 2.24) is 0 Å². The molecular formula is C18H17O4. The van der Waals surface area contributed by atoms with Gasteiger partial charge in [-0.25, -0.2) is 4.79 Å². The number of phenols is 2. The zero-order chi connectivity index (χ0) is 15.7. The van der Waals surface area contributed by atoms with Gasteiger partial charge in [0.05, 0.1) is 5.56 Å². The maximum atomic E-state index is 12.3. The molecule has 0 bridgehead atoms. The molecule has 113 valence electrons. The number of carbonyl (C=O) groups excluding carboxylic acids is 1. The van der Waals surface area contributed by atoms with Gasteiger partial charge in [0, 0.05) is 5.56 Å². The molecular weight excluding hydrogens is 280 g/mol. The quantitative estimate of drug-likeness (QED) is 0.659. The molecule has 1 aliphatic rings. The molecule has 22 heavy (non-hydrogen) atoms. The van der Waals surface area contributed by atoms with E-state index in [4.69, 9.17) is 4.74 Å². The smallest absolute Gasteiger partial charge is 0.343 e. The second kappa shape index (κ2) is 5.72. The van der Waals surface area contributed by atoms with Crippen LogP contribution in [0.5, 0.6) is 17.2 Å². The van der Waals surface area contributed by atoms with E-state index in [-0.39, 0.29) is 17.1 Å². The maximum Gasteiger partial charge on any atom is 0.343 e. The highest BCUT2D eigenvalue weighted by atomic mass is 16.5. The van der Waals surface area contributed by atoms with Crippen LogP contribution in [0.15, 0.2) is 24.3 Å². The first kappa shape index (κ1) is 14.4. The molecule has 0 saturated carbocycles. The van der Waals surface area contributed by atoms with Gasteiger partial charge >= 0.3 is 5.97 Å². The molecule has 2 aromatic carbocycles. The van der Waals surface area contributed by atoms with Crippen LogP contribution in [0, 0.1) is 13.0 Å². The molecule has 0 saturated heterocycles. The molecule has 0 heterocycles. The summed E-state index contributed by atoms with van der Waals surface area (Å²) in [5, 5.41) is 19.4. The van der Waals surface area contributed by atoms with Crippen molar-refractivity contribution in [3.8, 4) is 17.2 Å². The lowest BCUT2D eigenvalue weighted by atomic mass is 9.91. The first-order valence-corrected chi connectivity index (χ1v) is 7.33. The lowest BCUT2D eigenvalue weighted by Gasteiger charge is -2.18. The second-order valence-corrected chi connectivity index (χ2v) is 5.54. The van der Waals surface area contributed by atoms with E-state index in [1.165, 1.54) is 12.1 Å². The van der Waals surface area contributed by atoms with Crippen molar-refractivity contribution in [2.24, 2.45) is 0 Å². The summed E-state index contributed by atoms with van der Waals surface area (Å²) in [5.74, 6) is -0.312. The fourth-order valence-corrected chi connectivity index (χ4v) is 2.71. The highest BCUT2D eigenvalue weighted by Gasteiger charge is 2.18. The van der Waals surface area contributed by atoms with Gasteiger partial charge in [0.15, 0.2) is 0 Å². The van der Waals surface area contributed by atoms with Gasteiger partial charge in [-0.1, -0.05) is 6.07 Å². The number of hydrogen-bond donors (Lipinski definition) is 2. The predicted octanol–water partition coefficient (Wildman–Crippen LogP) is 3.30. The molecule has 1 aliphatic carbocycles. The number of fused-ring (bicyclic) bond motifs is 1. The largest absolute Gasteiger partial charge is 0.508 e. The highest BCUT2D eigenvalue weighted by molar-refractivity contribution is 5.92. The van der Waals surface area contributed by atoms with Crippen molar-refractivity contribution >= 4 is 5.97 Å². The number of aromatic hydroxyl groups is 2. The Morgan fingerprint density at radius 1 is 1.18 bits per heavy atom. The van der Waals surface area contributed by atoms with Crippen LogP contribution in [0.2, 0.25) is 0 Å². The van der Waals surface area contributed by atoms with E-state index in [1.807, 2.05) is 0 Å². The van der Waals surface area contributed by atoms with E-state index < -0.39 is 5.97 Å². The van der Waals surface area contributed by atoms with Crippen molar-refractivity contribution < 1.29 is 19.7 Å². The highest BCUT2D eigenvalue weighted by Crippen LogP contribution is 2.31. The molecule has 4 nitrogen and oxygen atoms in total. The Kier molecular flexibility index (Phi) is 3.75. The van der Waals surface area contributed by atoms with Gasteiger partial charge < -0.3 is 14.9 Å². The van der Waals surface area contributed by atoms with E-state index in [0.29, 0.717) is 11.3 Å². The number of esters is 1. The summed E-state index contributed by atoms with van der Waals surface area (Å²) in [6.45, 7) is 1.57. The van der Waals surface area contributed by atoms with Crippen molar-refractivity contribution in [2.45, 2.75) is 32.6 Å². The summed E-state index contributed by atoms with van der Waals surface area (Å²) in [6.07, 6.45) is 4.02. The molecule has 0 spiro atoms. The van der Waals surface area contributed by atoms with E-state index in [2.05, 4.69) is 6.07 Å². The summed E-state index contributed by atoms with van der Waals surface area (Å²) in [6, 6.07) is 9.30. The second-order valence-electron chi connectivity index (χ2n) is 5.54. The molecule has 2 aromatic rings. The topological polar surface area (TPSA) is 66.8 Å². The van der Waals surface area contributed by atoms with Crippen molar-refractivity contribution in [3.63, 3.8) is 0 Å². The van der Waals surface area contributed by atoms with Crippen LogP contribution < -0.4 is 4.74 Å². The Balaban J connectivity index is 1.89. The number of ether oxygens (including phenoxy) is 1. The van der Waals surface area contributed by atoms with Gasteiger partial charge in [0.2, 0.25) is 0 Å². The molecule has 1 radical (unpaired) electrons. The molecule has 2 N–H and O–H groups in total. The SMILES string of the molecule is Cc1c(O)cc(C(=O)Oc2cc[c]c3c2CCCC3)cc1O. The van der Waals surface area contributed by atoms with Gasteiger partial charge in [-0.2, -0.15) is 0 Å². The maximum absolute atomic E-state index is 12.3. The first-order chi connectivity index (χ1) is 10.6. The van der Waals surface area contributed by atoms with E-state index in [0.717, 1.165) is 36.8 Å². The molecule has 0 aliphatic heterocycles. The predicted molar refractivity (Wildman–Crippen MR) is 81.4 cm³/mol. The average molecular weight is 297 g/mol. The molecule has 0 fully saturated rings. The van der Waals surface area contributed by atoms with E-state index in [9.17, 15) is 15.0 Å². The Bertz CT molecular complexity index is 711. The minimum Gasteiger partial charge on any atom is -0.508 e. The normalized spacial score (nSPS) is 13.5. The number of hydrogen-bond acceptors (Lipinski definition) is 4. The van der Waals surface area contributed by atoms with Gasteiger partial charge in [-0.3, -0.25) is 0 Å². The zero-order valence-corrected chi connectivity index (χ0v) is 12.3. The van der Waals surface area contributed by atoms with E-state index in [1.54, 1.807) is 19.1 Å². The molecule has 4 heteroatoms. The van der Waals surface area contributed by atoms with Crippen LogP contribution in [0.25, 0.3) is 0 Å². The zero-order valence-electron chi connectivity index (χ0n) is 12.3. The van der Waals surface area contributed by atoms with Gasteiger partial charge in [-0.15, -0.1) is 0 Å². The van der Waals surface area contributed by atoms with Crippen molar-refractivity contribution in [1.29, 1.82) is 0 Å². The van der Waals surface area contributed by atoms with Crippen LogP contribution in [0.1, 0.15) is 39.9 Å². The number of aryl methyl sites for hydroxylation is 1. The number of rotatable bonds is 2. The van der Waals surface area contributed by atoms with Crippen LogP contribution in [-0.4, -0.2) is 16.2 Å². The summed E-state index contributed by atoms with van der Waals surface area (Å²) in [5.41, 5.74) is 2.59. The Morgan fingerprint density at radius 3 is 2.59 bits per heavy atom. The first-order valence-electron chi connectivity index (χ1n) is 7.33. The standard InChI is InChI=1S/C18H17O4/c1-11-15(19)9-13(10-16(11)20)18(21)22-17-8-4-6-12-5-2-3-7-14(12)17/h4,8-10,19-20H,2-3,5,7H2,1H3. The summed E-state index contributed by atoms with van der Waals surface area (Å²) < 4.78 is 5.47. The average Bonchev–Trinajstić information content (AvgIpc) is 2.52. The lowest BCUT2D eigenvalue weighted by Crippen LogP contribution is -2.12. The number of phenolic OH excluding ortho intramolecular Hbond substituents is 2. The number of carbonyl (C=O) groups is 1. The number of benzene rings is 2. The Morgan fingerprint density at radius 2 is 1.86 bits per heavy atom. The van der Waals surface area contributed by atoms with Crippen molar-refractivity contribution in [3.05, 3.63) is 52.6 Å². The molecule has 3 rings (SSSR count). The summed E-state index contributed by atoms with van der Waals surface area (Å²) in [4.78, 5) is 12.3. The minimum absolute atomic E-state index is 0.123. The fourth-order valence-electron chi connectivity index (χ4n) is 2.71. The molecule has 0 aromatic heterocycles. The van der Waals surface area contributed by atoms with Gasteiger partial charge in [0.1, 0.15) is 17.2 Å². The Hall–Kier alpha value is -2.49. The third kappa shape index (κ3) is 2.64. The third-order valence-electron chi connectivity index (χ3n) is 4.05. The van der Waals surface area contributed by atoms with E-state index >= 15 is 0 Å². The molecule has 0 amide bonds. The van der Waals surface area contributed by atoms with Gasteiger partial charge in [0.25, 0.3) is 0 Å². The van der Waals surface area contributed by atoms with Gasteiger partial charge in [-0.05, 0) is 68.0 Å². The van der Waals surface area contributed by atoms with Crippen molar-refractivity contribution in [2.75, 3.05) is 0 Å². The van der Waals surface area contributed by atoms with Crippen LogP contribution in [-0.2, 0) is 12.8 Å². The lowest BCUT2D eigenvalue weighted by molar-refractivity contribution is 0.0732. The summed E-state index contributed by atoms with van der Waals surface area (Å²) in [7, 11) is 0.